The van der Waals surface area contributed by atoms with E-state index in [0.29, 0.717) is 17.7 Å². The SMILES string of the molecule is C#CCn1cc(CN(C)S(=O)(=O)Cc2cccc([N+](=O)[O-])c2)cn1. The number of terminal acetylenes is 1. The average Bonchev–Trinajstić information content (AvgIpc) is 2.94. The molecule has 0 aliphatic carbocycles. The van der Waals surface area contributed by atoms with E-state index in [1.807, 2.05) is 0 Å². The molecule has 0 radical (unpaired) electrons. The first-order valence-corrected chi connectivity index (χ1v) is 8.55. The number of hydrogen-bond donors (Lipinski definition) is 0. The van der Waals surface area contributed by atoms with E-state index in [1.54, 1.807) is 18.5 Å². The highest BCUT2D eigenvalue weighted by Crippen LogP contribution is 2.17. The maximum Gasteiger partial charge on any atom is 0.269 e. The monoisotopic (exact) mass is 348 g/mol. The van der Waals surface area contributed by atoms with Crippen LogP contribution >= 0.6 is 0 Å². The minimum Gasteiger partial charge on any atom is -0.260 e. The highest BCUT2D eigenvalue weighted by Gasteiger charge is 2.20. The first-order valence-electron chi connectivity index (χ1n) is 6.94. The summed E-state index contributed by atoms with van der Waals surface area (Å²) in [7, 11) is -2.17. The highest BCUT2D eigenvalue weighted by molar-refractivity contribution is 7.88. The van der Waals surface area contributed by atoms with Crippen molar-refractivity contribution in [2.24, 2.45) is 0 Å². The Kier molecular flexibility index (Phi) is 5.33. The van der Waals surface area contributed by atoms with Crippen LogP contribution in [0.1, 0.15) is 11.1 Å². The lowest BCUT2D eigenvalue weighted by Crippen LogP contribution is -2.27. The molecule has 126 valence electrons. The first kappa shape index (κ1) is 17.7. The molecule has 0 amide bonds. The van der Waals surface area contributed by atoms with Crippen molar-refractivity contribution < 1.29 is 13.3 Å². The zero-order valence-electron chi connectivity index (χ0n) is 13.0. The summed E-state index contributed by atoms with van der Waals surface area (Å²) in [6.07, 6.45) is 8.43. The van der Waals surface area contributed by atoms with E-state index >= 15 is 0 Å². The van der Waals surface area contributed by atoms with E-state index in [-0.39, 0.29) is 18.0 Å². The Labute approximate surface area is 139 Å². The number of hydrogen-bond acceptors (Lipinski definition) is 5. The molecule has 2 aromatic rings. The lowest BCUT2D eigenvalue weighted by molar-refractivity contribution is -0.384. The molecule has 0 aliphatic rings. The van der Waals surface area contributed by atoms with Crippen molar-refractivity contribution in [3.8, 4) is 12.3 Å². The predicted octanol–water partition coefficient (Wildman–Crippen LogP) is 1.39. The van der Waals surface area contributed by atoms with E-state index < -0.39 is 14.9 Å². The topological polar surface area (TPSA) is 98.3 Å². The fourth-order valence-corrected chi connectivity index (χ4v) is 3.27. The number of sulfonamides is 1. The number of non-ortho nitro benzene ring substituents is 1. The molecule has 0 aliphatic heterocycles. The summed E-state index contributed by atoms with van der Waals surface area (Å²) in [5, 5.41) is 14.8. The molecule has 0 saturated carbocycles. The molecule has 9 heteroatoms. The smallest absolute Gasteiger partial charge is 0.260 e. The molecule has 1 aromatic carbocycles. The van der Waals surface area contributed by atoms with Crippen LogP contribution < -0.4 is 0 Å². The average molecular weight is 348 g/mol. The molecule has 0 saturated heterocycles. The fraction of sp³-hybridized carbons (Fsp3) is 0.267. The third-order valence-corrected chi connectivity index (χ3v) is 5.07. The van der Waals surface area contributed by atoms with Crippen LogP contribution in [-0.4, -0.2) is 34.5 Å². The number of nitrogens with zero attached hydrogens (tertiary/aromatic N) is 4. The summed E-state index contributed by atoms with van der Waals surface area (Å²) in [6.45, 7) is 0.450. The van der Waals surface area contributed by atoms with Gasteiger partial charge in [-0.05, 0) is 5.56 Å². The van der Waals surface area contributed by atoms with Crippen LogP contribution in [0.4, 0.5) is 5.69 Å². The van der Waals surface area contributed by atoms with E-state index in [1.165, 1.54) is 34.2 Å². The maximum atomic E-state index is 12.4. The molecule has 0 N–H and O–H groups in total. The minimum atomic E-state index is -3.62. The van der Waals surface area contributed by atoms with Crippen LogP contribution in [0, 0.1) is 22.5 Å². The predicted molar refractivity (Wildman–Crippen MR) is 88.2 cm³/mol. The summed E-state index contributed by atoms with van der Waals surface area (Å²) in [4.78, 5) is 10.2. The number of aromatic nitrogens is 2. The summed E-state index contributed by atoms with van der Waals surface area (Å²) < 4.78 is 27.6. The van der Waals surface area contributed by atoms with Gasteiger partial charge < -0.3 is 0 Å². The summed E-state index contributed by atoms with van der Waals surface area (Å²) in [5.41, 5.74) is 0.926. The second-order valence-corrected chi connectivity index (χ2v) is 7.27. The van der Waals surface area contributed by atoms with Crippen LogP contribution in [0.3, 0.4) is 0 Å². The Morgan fingerprint density at radius 3 is 2.83 bits per heavy atom. The molecule has 8 nitrogen and oxygen atoms in total. The van der Waals surface area contributed by atoms with Crippen LogP contribution in [0.2, 0.25) is 0 Å². The van der Waals surface area contributed by atoms with Gasteiger partial charge in [0.25, 0.3) is 5.69 Å². The third-order valence-electron chi connectivity index (χ3n) is 3.29. The van der Waals surface area contributed by atoms with Gasteiger partial charge in [-0.2, -0.15) is 5.10 Å². The number of rotatable bonds is 7. The Bertz CT molecular complexity index is 883. The zero-order valence-corrected chi connectivity index (χ0v) is 13.8. The normalized spacial score (nSPS) is 11.4. The summed E-state index contributed by atoms with van der Waals surface area (Å²) in [6, 6.07) is 5.59. The van der Waals surface area contributed by atoms with Gasteiger partial charge in [-0.25, -0.2) is 12.7 Å². The molecule has 24 heavy (non-hydrogen) atoms. The lowest BCUT2D eigenvalue weighted by atomic mass is 10.2. The molecular formula is C15H16N4O4S. The van der Waals surface area contributed by atoms with Crippen LogP contribution in [0.25, 0.3) is 0 Å². The molecule has 1 heterocycles. The van der Waals surface area contributed by atoms with Crippen molar-refractivity contribution in [3.63, 3.8) is 0 Å². The summed E-state index contributed by atoms with van der Waals surface area (Å²) >= 11 is 0. The lowest BCUT2D eigenvalue weighted by Gasteiger charge is -2.16. The van der Waals surface area contributed by atoms with Gasteiger partial charge in [0.15, 0.2) is 0 Å². The number of nitro groups is 1. The fourth-order valence-electron chi connectivity index (χ4n) is 2.10. The van der Waals surface area contributed by atoms with Gasteiger partial charge in [0, 0.05) is 37.5 Å². The molecular weight excluding hydrogens is 332 g/mol. The Morgan fingerprint density at radius 2 is 2.17 bits per heavy atom. The van der Waals surface area contributed by atoms with Crippen molar-refractivity contribution in [1.29, 1.82) is 0 Å². The van der Waals surface area contributed by atoms with Gasteiger partial charge in [-0.1, -0.05) is 18.1 Å². The molecule has 1 aromatic heterocycles. The molecule has 0 unspecified atom stereocenters. The van der Waals surface area contributed by atoms with Crippen LogP contribution in [0.15, 0.2) is 36.7 Å². The number of benzene rings is 1. The Balaban J connectivity index is 2.10. The Hall–Kier alpha value is -2.70. The van der Waals surface area contributed by atoms with Crippen molar-refractivity contribution >= 4 is 15.7 Å². The maximum absolute atomic E-state index is 12.4. The van der Waals surface area contributed by atoms with Crippen molar-refractivity contribution in [2.75, 3.05) is 7.05 Å². The quantitative estimate of drug-likeness (QED) is 0.428. The van der Waals surface area contributed by atoms with E-state index in [2.05, 4.69) is 11.0 Å². The zero-order chi connectivity index (χ0) is 17.7. The largest absolute Gasteiger partial charge is 0.269 e. The second-order valence-electron chi connectivity index (χ2n) is 5.19. The highest BCUT2D eigenvalue weighted by atomic mass is 32.2. The minimum absolute atomic E-state index is 0.138. The van der Waals surface area contributed by atoms with E-state index in [9.17, 15) is 18.5 Å². The second kappa shape index (κ2) is 7.25. The first-order chi connectivity index (χ1) is 11.3. The van der Waals surface area contributed by atoms with Gasteiger partial charge in [-0.3, -0.25) is 14.8 Å². The van der Waals surface area contributed by atoms with Gasteiger partial charge in [-0.15, -0.1) is 6.42 Å². The van der Waals surface area contributed by atoms with Crippen molar-refractivity contribution in [2.45, 2.75) is 18.8 Å². The van der Waals surface area contributed by atoms with E-state index in [4.69, 9.17) is 6.42 Å². The molecule has 0 atom stereocenters. The van der Waals surface area contributed by atoms with Gasteiger partial charge in [0.1, 0.15) is 6.54 Å². The van der Waals surface area contributed by atoms with Crippen LogP contribution in [0.5, 0.6) is 0 Å². The third kappa shape index (κ3) is 4.41. The van der Waals surface area contributed by atoms with Crippen molar-refractivity contribution in [3.05, 3.63) is 57.9 Å². The molecule has 0 spiro atoms. The van der Waals surface area contributed by atoms with Gasteiger partial charge in [0.2, 0.25) is 10.0 Å². The standard InChI is InChI=1S/C15H16N4O4S/c1-3-7-18-11-14(9-16-18)10-17(2)24(22,23)12-13-5-4-6-15(8-13)19(20)21/h1,4-6,8-9,11H,7,10,12H2,2H3. The molecule has 2 rings (SSSR count). The number of nitro benzene ring substituents is 1. The molecule has 0 fully saturated rings. The van der Waals surface area contributed by atoms with Crippen LogP contribution in [-0.2, 0) is 28.9 Å². The van der Waals surface area contributed by atoms with Crippen molar-refractivity contribution in [1.82, 2.24) is 14.1 Å². The summed E-state index contributed by atoms with van der Waals surface area (Å²) in [5.74, 6) is 2.13. The Morgan fingerprint density at radius 1 is 1.42 bits per heavy atom. The van der Waals surface area contributed by atoms with Gasteiger partial charge in [0.05, 0.1) is 16.9 Å². The molecule has 0 bridgehead atoms. The van der Waals surface area contributed by atoms with Gasteiger partial charge >= 0.3 is 0 Å². The van der Waals surface area contributed by atoms with E-state index in [0.717, 1.165) is 0 Å².